The van der Waals surface area contributed by atoms with Crippen LogP contribution in [0.2, 0.25) is 0 Å². The minimum atomic E-state index is -3.32. The molecule has 1 N–H and O–H groups in total. The first-order valence-corrected chi connectivity index (χ1v) is 7.67. The maximum Gasteiger partial charge on any atom is 0.281 e. The minimum absolute atomic E-state index is 0.0237. The van der Waals surface area contributed by atoms with Crippen LogP contribution in [0.4, 0.5) is 0 Å². The lowest BCUT2D eigenvalue weighted by molar-refractivity contribution is 0.165. The van der Waals surface area contributed by atoms with Gasteiger partial charge in [0.2, 0.25) is 0 Å². The largest absolute Gasteiger partial charge is 0.396 e. The molecule has 17 heavy (non-hydrogen) atoms. The predicted octanol–water partition coefficient (Wildman–Crippen LogP) is 0.666. The molecule has 1 unspecified atom stereocenters. The minimum Gasteiger partial charge on any atom is -0.396 e. The van der Waals surface area contributed by atoms with E-state index in [2.05, 4.69) is 0 Å². The van der Waals surface area contributed by atoms with Crippen molar-refractivity contribution in [3.63, 3.8) is 0 Å². The van der Waals surface area contributed by atoms with Crippen LogP contribution < -0.4 is 0 Å². The van der Waals surface area contributed by atoms with Gasteiger partial charge in [0.05, 0.1) is 0 Å². The fraction of sp³-hybridized carbons (Fsp3) is 1.00. The van der Waals surface area contributed by atoms with Crippen LogP contribution in [0.15, 0.2) is 0 Å². The fourth-order valence-corrected chi connectivity index (χ4v) is 3.63. The van der Waals surface area contributed by atoms with Gasteiger partial charge in [-0.1, -0.05) is 6.92 Å². The Morgan fingerprint density at radius 2 is 1.94 bits per heavy atom. The predicted molar refractivity (Wildman–Crippen MR) is 67.8 cm³/mol. The quantitative estimate of drug-likeness (QED) is 0.794. The van der Waals surface area contributed by atoms with Gasteiger partial charge in [0.15, 0.2) is 0 Å². The summed E-state index contributed by atoms with van der Waals surface area (Å²) >= 11 is 0. The molecule has 1 saturated heterocycles. The standard InChI is InChI=1S/C11H24N2O3S/c1-4-10(2)12(3)17(15,16)13-7-5-11(9-14)6-8-13/h10-11,14H,4-9H2,1-3H3. The van der Waals surface area contributed by atoms with E-state index in [0.29, 0.717) is 13.1 Å². The van der Waals surface area contributed by atoms with E-state index < -0.39 is 10.2 Å². The Hall–Kier alpha value is -0.170. The molecular weight excluding hydrogens is 240 g/mol. The third-order valence-corrected chi connectivity index (χ3v) is 5.84. The average Bonchev–Trinajstić information content (AvgIpc) is 2.36. The topological polar surface area (TPSA) is 60.9 Å². The van der Waals surface area contributed by atoms with E-state index in [4.69, 9.17) is 5.11 Å². The van der Waals surface area contributed by atoms with Crippen molar-refractivity contribution >= 4 is 10.2 Å². The van der Waals surface area contributed by atoms with Crippen LogP contribution in [0, 0.1) is 5.92 Å². The monoisotopic (exact) mass is 264 g/mol. The Bertz CT molecular complexity index is 324. The highest BCUT2D eigenvalue weighted by Crippen LogP contribution is 2.21. The average molecular weight is 264 g/mol. The highest BCUT2D eigenvalue weighted by atomic mass is 32.2. The van der Waals surface area contributed by atoms with Crippen LogP contribution >= 0.6 is 0 Å². The molecule has 0 aromatic rings. The molecule has 0 spiro atoms. The Labute approximate surface area is 105 Å². The molecule has 1 aliphatic rings. The zero-order valence-electron chi connectivity index (χ0n) is 11.0. The second-order valence-electron chi connectivity index (χ2n) is 4.81. The van der Waals surface area contributed by atoms with Gasteiger partial charge in [0.1, 0.15) is 0 Å². The Balaban J connectivity index is 2.66. The first kappa shape index (κ1) is 14.9. The molecule has 1 rings (SSSR count). The van der Waals surface area contributed by atoms with Crippen LogP contribution in [0.5, 0.6) is 0 Å². The molecule has 1 heterocycles. The van der Waals surface area contributed by atoms with E-state index in [0.717, 1.165) is 19.3 Å². The van der Waals surface area contributed by atoms with E-state index in [1.54, 1.807) is 7.05 Å². The van der Waals surface area contributed by atoms with Crippen molar-refractivity contribution in [1.82, 2.24) is 8.61 Å². The summed E-state index contributed by atoms with van der Waals surface area (Å²) in [4.78, 5) is 0. The molecule has 0 bridgehead atoms. The zero-order valence-corrected chi connectivity index (χ0v) is 11.8. The molecule has 0 radical (unpaired) electrons. The second-order valence-corrected chi connectivity index (χ2v) is 6.79. The third-order valence-electron chi connectivity index (χ3n) is 3.73. The van der Waals surface area contributed by atoms with Crippen molar-refractivity contribution in [1.29, 1.82) is 0 Å². The van der Waals surface area contributed by atoms with Gasteiger partial charge in [0.25, 0.3) is 10.2 Å². The molecule has 0 amide bonds. The summed E-state index contributed by atoms with van der Waals surface area (Å²) in [6, 6.07) is 0.0237. The van der Waals surface area contributed by atoms with E-state index in [-0.39, 0.29) is 18.6 Å². The number of hydrogen-bond acceptors (Lipinski definition) is 3. The molecule has 1 atom stereocenters. The molecule has 1 aliphatic heterocycles. The number of hydrogen-bond donors (Lipinski definition) is 1. The van der Waals surface area contributed by atoms with Crippen molar-refractivity contribution < 1.29 is 13.5 Å². The number of rotatable bonds is 5. The highest BCUT2D eigenvalue weighted by molar-refractivity contribution is 7.86. The van der Waals surface area contributed by atoms with Crippen LogP contribution in [0.25, 0.3) is 0 Å². The summed E-state index contributed by atoms with van der Waals surface area (Å²) in [5, 5.41) is 9.04. The van der Waals surface area contributed by atoms with Gasteiger partial charge >= 0.3 is 0 Å². The van der Waals surface area contributed by atoms with Crippen LogP contribution in [-0.2, 0) is 10.2 Å². The van der Waals surface area contributed by atoms with Crippen LogP contribution in [0.3, 0.4) is 0 Å². The smallest absolute Gasteiger partial charge is 0.281 e. The van der Waals surface area contributed by atoms with Crippen LogP contribution in [0.1, 0.15) is 33.1 Å². The van der Waals surface area contributed by atoms with Crippen molar-refractivity contribution in [2.45, 2.75) is 39.2 Å². The molecule has 5 nitrogen and oxygen atoms in total. The molecule has 102 valence electrons. The molecule has 6 heteroatoms. The number of piperidine rings is 1. The molecule has 0 aliphatic carbocycles. The first-order valence-electron chi connectivity index (χ1n) is 6.27. The van der Waals surface area contributed by atoms with E-state index >= 15 is 0 Å². The second kappa shape index (κ2) is 6.13. The van der Waals surface area contributed by atoms with Crippen LogP contribution in [-0.4, -0.2) is 54.9 Å². The van der Waals surface area contributed by atoms with Crippen molar-refractivity contribution in [2.24, 2.45) is 5.92 Å². The summed E-state index contributed by atoms with van der Waals surface area (Å²) in [5.74, 6) is 0.260. The summed E-state index contributed by atoms with van der Waals surface area (Å²) in [6.45, 7) is 5.10. The summed E-state index contributed by atoms with van der Waals surface area (Å²) < 4.78 is 27.5. The lowest BCUT2D eigenvalue weighted by atomic mass is 10.00. The third kappa shape index (κ3) is 3.40. The van der Waals surface area contributed by atoms with E-state index in [1.165, 1.54) is 8.61 Å². The molecule has 0 aromatic heterocycles. The van der Waals surface area contributed by atoms with E-state index in [9.17, 15) is 8.42 Å². The van der Waals surface area contributed by atoms with Gasteiger partial charge in [-0.3, -0.25) is 0 Å². The maximum atomic E-state index is 12.3. The maximum absolute atomic E-state index is 12.3. The van der Waals surface area contributed by atoms with E-state index in [1.807, 2.05) is 13.8 Å². The Morgan fingerprint density at radius 1 is 1.41 bits per heavy atom. The van der Waals surface area contributed by atoms with Crippen molar-refractivity contribution in [2.75, 3.05) is 26.7 Å². The number of aliphatic hydroxyl groups is 1. The Kier molecular flexibility index (Phi) is 5.37. The Morgan fingerprint density at radius 3 is 2.35 bits per heavy atom. The fourth-order valence-electron chi connectivity index (χ4n) is 1.99. The van der Waals surface area contributed by atoms with Crippen molar-refractivity contribution in [3.8, 4) is 0 Å². The molecule has 1 fully saturated rings. The van der Waals surface area contributed by atoms with Gasteiger partial charge in [-0.2, -0.15) is 17.0 Å². The van der Waals surface area contributed by atoms with Gasteiger partial charge in [-0.15, -0.1) is 0 Å². The molecule has 0 saturated carbocycles. The lowest BCUT2D eigenvalue weighted by Crippen LogP contribution is -2.48. The summed E-state index contributed by atoms with van der Waals surface area (Å²) in [7, 11) is -1.68. The molecule has 0 aromatic carbocycles. The molecular formula is C11H24N2O3S. The highest BCUT2D eigenvalue weighted by Gasteiger charge is 2.32. The SMILES string of the molecule is CCC(C)N(C)S(=O)(=O)N1CCC(CO)CC1. The number of aliphatic hydroxyl groups excluding tert-OH is 1. The van der Waals surface area contributed by atoms with Crippen molar-refractivity contribution in [3.05, 3.63) is 0 Å². The first-order chi connectivity index (χ1) is 7.93. The number of nitrogens with zero attached hydrogens (tertiary/aromatic N) is 2. The lowest BCUT2D eigenvalue weighted by Gasteiger charge is -2.34. The van der Waals surface area contributed by atoms with Gasteiger partial charge in [-0.25, -0.2) is 0 Å². The van der Waals surface area contributed by atoms with Gasteiger partial charge < -0.3 is 5.11 Å². The normalized spacial score (nSPS) is 21.9. The summed E-state index contributed by atoms with van der Waals surface area (Å²) in [5.41, 5.74) is 0. The van der Waals surface area contributed by atoms with Gasteiger partial charge in [-0.05, 0) is 32.1 Å². The summed E-state index contributed by atoms with van der Waals surface area (Å²) in [6.07, 6.45) is 2.32. The zero-order chi connectivity index (χ0) is 13.1. The van der Waals surface area contributed by atoms with Gasteiger partial charge in [0, 0.05) is 32.8 Å².